The van der Waals surface area contributed by atoms with Gasteiger partial charge in [-0.2, -0.15) is 0 Å². The van der Waals surface area contributed by atoms with E-state index in [9.17, 15) is 14.4 Å². The van der Waals surface area contributed by atoms with Crippen molar-refractivity contribution in [3.8, 4) is 5.69 Å². The fraction of sp³-hybridized carbons (Fsp3) is 0.222. The highest BCUT2D eigenvalue weighted by Gasteiger charge is 2.19. The van der Waals surface area contributed by atoms with Crippen molar-refractivity contribution >= 4 is 28.9 Å². The number of imidazole rings is 1. The lowest BCUT2D eigenvalue weighted by Gasteiger charge is -2.11. The van der Waals surface area contributed by atoms with Gasteiger partial charge in [-0.1, -0.05) is 30.0 Å². The molecule has 0 aliphatic carbocycles. The molecule has 0 spiro atoms. The van der Waals surface area contributed by atoms with Crippen LogP contribution in [0.15, 0.2) is 51.4 Å². The van der Waals surface area contributed by atoms with Gasteiger partial charge in [-0.3, -0.25) is 23.3 Å². The van der Waals surface area contributed by atoms with Crippen LogP contribution in [0.2, 0.25) is 0 Å². The van der Waals surface area contributed by atoms with Crippen LogP contribution in [0.1, 0.15) is 5.82 Å². The van der Waals surface area contributed by atoms with Gasteiger partial charge < -0.3 is 9.67 Å². The molecule has 4 aromatic rings. The van der Waals surface area contributed by atoms with Crippen molar-refractivity contribution in [1.82, 2.24) is 33.4 Å². The monoisotopic (exact) mass is 427 g/mol. The number of carboxylic acids is 1. The second-order valence-corrected chi connectivity index (χ2v) is 7.45. The van der Waals surface area contributed by atoms with Crippen LogP contribution < -0.4 is 11.2 Å². The number of para-hydroxylation sites is 1. The molecule has 0 saturated carbocycles. The predicted octanol–water partition coefficient (Wildman–Crippen LogP) is 0.239. The number of carboxylic acid groups (broad SMARTS) is 1. The molecule has 0 unspecified atom stereocenters. The van der Waals surface area contributed by atoms with E-state index in [1.54, 1.807) is 16.2 Å². The molecule has 0 saturated heterocycles. The van der Waals surface area contributed by atoms with E-state index in [4.69, 9.17) is 5.11 Å². The number of aromatic nitrogens is 7. The minimum absolute atomic E-state index is 0.152. The lowest BCUT2D eigenvalue weighted by atomic mass is 10.3. The lowest BCUT2D eigenvalue weighted by Crippen LogP contribution is -2.37. The maximum Gasteiger partial charge on any atom is 0.332 e. The van der Waals surface area contributed by atoms with Gasteiger partial charge in [-0.25, -0.2) is 9.78 Å². The predicted molar refractivity (Wildman–Crippen MR) is 109 cm³/mol. The maximum absolute atomic E-state index is 12.7. The number of thioether (sulfide) groups is 1. The van der Waals surface area contributed by atoms with Gasteiger partial charge in [0.15, 0.2) is 22.1 Å². The lowest BCUT2D eigenvalue weighted by molar-refractivity contribution is -0.133. The second kappa shape index (κ2) is 7.63. The maximum atomic E-state index is 12.7. The molecule has 11 nitrogen and oxygen atoms in total. The number of fused-ring (bicyclic) bond motifs is 1. The highest BCUT2D eigenvalue weighted by molar-refractivity contribution is 7.99. The summed E-state index contributed by atoms with van der Waals surface area (Å²) in [5.41, 5.74) is 0.376. The Morgan fingerprint density at radius 3 is 2.53 bits per heavy atom. The Labute approximate surface area is 173 Å². The number of aryl methyl sites for hydroxylation is 1. The molecule has 3 aromatic heterocycles. The molecule has 1 aromatic carbocycles. The molecule has 0 atom stereocenters. The normalized spacial score (nSPS) is 11.3. The first-order chi connectivity index (χ1) is 14.4. The molecule has 0 bridgehead atoms. The molecule has 0 fully saturated rings. The van der Waals surface area contributed by atoms with E-state index in [1.165, 1.54) is 17.9 Å². The van der Waals surface area contributed by atoms with E-state index in [-0.39, 0.29) is 23.5 Å². The Balaban J connectivity index is 1.84. The zero-order valence-corrected chi connectivity index (χ0v) is 16.9. The Bertz CT molecular complexity index is 1370. The number of hydrogen-bond acceptors (Lipinski definition) is 7. The van der Waals surface area contributed by atoms with Gasteiger partial charge in [0.25, 0.3) is 5.56 Å². The molecule has 0 amide bonds. The van der Waals surface area contributed by atoms with Crippen LogP contribution in [-0.2, 0) is 25.4 Å². The van der Waals surface area contributed by atoms with Crippen molar-refractivity contribution in [1.29, 1.82) is 0 Å². The number of rotatable bonds is 6. The zero-order chi connectivity index (χ0) is 21.4. The third-order valence-electron chi connectivity index (χ3n) is 4.57. The van der Waals surface area contributed by atoms with E-state index in [2.05, 4.69) is 15.2 Å². The standard InChI is InChI=1S/C18H17N7O4S/c1-22-15-14(16(28)23(2)18(22)29)24(10-19-15)8-12-20-21-17(30-9-13(26)27)25(12)11-6-4-3-5-7-11/h3-7,10H,8-9H2,1-2H3,(H,26,27). The van der Waals surface area contributed by atoms with E-state index in [1.807, 2.05) is 30.3 Å². The van der Waals surface area contributed by atoms with E-state index in [0.29, 0.717) is 11.0 Å². The Morgan fingerprint density at radius 2 is 1.83 bits per heavy atom. The highest BCUT2D eigenvalue weighted by Crippen LogP contribution is 2.23. The summed E-state index contributed by atoms with van der Waals surface area (Å²) in [6.45, 7) is 0.152. The summed E-state index contributed by atoms with van der Waals surface area (Å²) in [5.74, 6) is -0.639. The van der Waals surface area contributed by atoms with Gasteiger partial charge >= 0.3 is 11.7 Å². The number of nitrogens with zero attached hydrogens (tertiary/aromatic N) is 7. The first-order valence-electron chi connectivity index (χ1n) is 8.83. The quantitative estimate of drug-likeness (QED) is 0.433. The molecule has 154 valence electrons. The van der Waals surface area contributed by atoms with E-state index in [0.717, 1.165) is 22.0 Å². The first kappa shape index (κ1) is 19.6. The highest BCUT2D eigenvalue weighted by atomic mass is 32.2. The largest absolute Gasteiger partial charge is 0.481 e. The van der Waals surface area contributed by atoms with Crippen molar-refractivity contribution in [3.05, 3.63) is 63.3 Å². The van der Waals surface area contributed by atoms with Crippen molar-refractivity contribution in [2.45, 2.75) is 11.7 Å². The summed E-state index contributed by atoms with van der Waals surface area (Å²) in [4.78, 5) is 40.0. The topological polar surface area (TPSA) is 130 Å². The third-order valence-corrected chi connectivity index (χ3v) is 5.48. The first-order valence-corrected chi connectivity index (χ1v) is 9.82. The summed E-state index contributed by atoms with van der Waals surface area (Å²) in [7, 11) is 2.96. The molecule has 4 rings (SSSR count). The van der Waals surface area contributed by atoms with Gasteiger partial charge in [0, 0.05) is 19.8 Å². The average Bonchev–Trinajstić information content (AvgIpc) is 3.34. The van der Waals surface area contributed by atoms with Crippen LogP contribution in [0.25, 0.3) is 16.9 Å². The van der Waals surface area contributed by atoms with Crippen molar-refractivity contribution in [2.75, 3.05) is 5.75 Å². The summed E-state index contributed by atoms with van der Waals surface area (Å²) in [6.07, 6.45) is 1.47. The minimum Gasteiger partial charge on any atom is -0.481 e. The van der Waals surface area contributed by atoms with Crippen molar-refractivity contribution in [2.24, 2.45) is 14.1 Å². The van der Waals surface area contributed by atoms with Crippen LogP contribution in [0.3, 0.4) is 0 Å². The number of benzene rings is 1. The fourth-order valence-corrected chi connectivity index (χ4v) is 3.82. The number of aliphatic carboxylic acids is 1. The molecule has 12 heteroatoms. The molecule has 0 radical (unpaired) electrons. The molecular weight excluding hydrogens is 410 g/mol. The van der Waals surface area contributed by atoms with Crippen LogP contribution in [-0.4, -0.2) is 50.3 Å². The average molecular weight is 427 g/mol. The van der Waals surface area contributed by atoms with Crippen LogP contribution in [0, 0.1) is 0 Å². The minimum atomic E-state index is -0.964. The summed E-state index contributed by atoms with van der Waals surface area (Å²) in [6, 6.07) is 9.27. The van der Waals surface area contributed by atoms with E-state index >= 15 is 0 Å². The van der Waals surface area contributed by atoms with Gasteiger partial charge in [-0.15, -0.1) is 10.2 Å². The van der Waals surface area contributed by atoms with Gasteiger partial charge in [-0.05, 0) is 12.1 Å². The molecule has 0 aliphatic rings. The van der Waals surface area contributed by atoms with Crippen LogP contribution in [0.5, 0.6) is 0 Å². The number of carbonyl (C=O) groups is 1. The van der Waals surface area contributed by atoms with Gasteiger partial charge in [0.05, 0.1) is 18.6 Å². The van der Waals surface area contributed by atoms with Crippen LogP contribution >= 0.6 is 11.8 Å². The fourth-order valence-electron chi connectivity index (χ4n) is 3.13. The molecule has 30 heavy (non-hydrogen) atoms. The smallest absolute Gasteiger partial charge is 0.332 e. The summed E-state index contributed by atoms with van der Waals surface area (Å²) in [5, 5.41) is 17.8. The van der Waals surface area contributed by atoms with Gasteiger partial charge in [0.2, 0.25) is 0 Å². The van der Waals surface area contributed by atoms with Gasteiger partial charge in [0.1, 0.15) is 0 Å². The van der Waals surface area contributed by atoms with Crippen molar-refractivity contribution < 1.29 is 9.90 Å². The molecule has 0 aliphatic heterocycles. The van der Waals surface area contributed by atoms with Crippen molar-refractivity contribution in [3.63, 3.8) is 0 Å². The molecule has 3 heterocycles. The van der Waals surface area contributed by atoms with E-state index < -0.39 is 17.2 Å². The summed E-state index contributed by atoms with van der Waals surface area (Å²) < 4.78 is 5.68. The SMILES string of the molecule is Cn1c(=O)c2c(ncn2Cc2nnc(SCC(=O)O)n2-c2ccccc2)n(C)c1=O. The molecule has 1 N–H and O–H groups in total. The molecular formula is C18H17N7O4S. The Kier molecular flexibility index (Phi) is 4.99. The summed E-state index contributed by atoms with van der Waals surface area (Å²) >= 11 is 1.05. The zero-order valence-electron chi connectivity index (χ0n) is 16.1. The second-order valence-electron chi connectivity index (χ2n) is 6.50. The number of hydrogen-bond donors (Lipinski definition) is 1. The Morgan fingerprint density at radius 1 is 1.10 bits per heavy atom. The Hall–Kier alpha value is -3.67. The van der Waals surface area contributed by atoms with Crippen LogP contribution in [0.4, 0.5) is 0 Å². The third kappa shape index (κ3) is 3.30.